The number of benzene rings is 1. The van der Waals surface area contributed by atoms with Crippen molar-refractivity contribution in [3.8, 4) is 0 Å². The fraction of sp³-hybridized carbons (Fsp3) is 0.375. The van der Waals surface area contributed by atoms with E-state index in [0.29, 0.717) is 22.8 Å². The number of fused-ring (bicyclic) bond motifs is 1. The Kier molecular flexibility index (Phi) is 3.42. The number of hydrogen-bond donors (Lipinski definition) is 1. The van der Waals surface area contributed by atoms with Crippen molar-refractivity contribution in [2.24, 2.45) is 0 Å². The molecule has 2 aliphatic heterocycles. The molecule has 2 aromatic rings. The molecule has 1 saturated heterocycles. The topological polar surface area (TPSA) is 88.3 Å². The van der Waals surface area contributed by atoms with Crippen LogP contribution in [0, 0.1) is 0 Å². The molecule has 1 aromatic heterocycles. The number of hydrogen-bond acceptors (Lipinski definition) is 6. The van der Waals surface area contributed by atoms with Crippen molar-refractivity contribution in [3.05, 3.63) is 47.1 Å². The van der Waals surface area contributed by atoms with Gasteiger partial charge in [-0.15, -0.1) is 0 Å². The van der Waals surface area contributed by atoms with E-state index in [0.717, 1.165) is 30.7 Å². The van der Waals surface area contributed by atoms with E-state index in [2.05, 4.69) is 15.5 Å². The molecule has 3 heterocycles. The minimum Gasteiger partial charge on any atom is -0.338 e. The Morgan fingerprint density at radius 1 is 1.17 bits per heavy atom. The minimum absolute atomic E-state index is 0.0303. The number of nitrogens with zero attached hydrogens (tertiary/aromatic N) is 3. The van der Waals surface area contributed by atoms with Crippen molar-refractivity contribution < 1.29 is 14.1 Å². The van der Waals surface area contributed by atoms with Crippen LogP contribution in [0.25, 0.3) is 0 Å². The second-order valence-electron chi connectivity index (χ2n) is 5.79. The summed E-state index contributed by atoms with van der Waals surface area (Å²) in [5.41, 5.74) is 0.852. The second kappa shape index (κ2) is 5.58. The normalized spacial score (nSPS) is 20.9. The first-order valence-electron chi connectivity index (χ1n) is 7.75. The van der Waals surface area contributed by atoms with E-state index in [4.69, 9.17) is 4.52 Å². The van der Waals surface area contributed by atoms with Gasteiger partial charge in [0.25, 0.3) is 11.8 Å². The quantitative estimate of drug-likeness (QED) is 0.868. The van der Waals surface area contributed by atoms with E-state index < -0.39 is 0 Å². The van der Waals surface area contributed by atoms with E-state index >= 15 is 0 Å². The fourth-order valence-corrected chi connectivity index (χ4v) is 3.06. The summed E-state index contributed by atoms with van der Waals surface area (Å²) in [4.78, 5) is 30.2. The van der Waals surface area contributed by atoms with Crippen LogP contribution in [0.2, 0.25) is 0 Å². The van der Waals surface area contributed by atoms with Gasteiger partial charge in [0, 0.05) is 0 Å². The molecular formula is C16H16N4O3. The molecular weight excluding hydrogens is 296 g/mol. The second-order valence-corrected chi connectivity index (χ2v) is 5.79. The molecule has 118 valence electrons. The van der Waals surface area contributed by atoms with Gasteiger partial charge in [0.1, 0.15) is 0 Å². The van der Waals surface area contributed by atoms with Crippen LogP contribution >= 0.6 is 0 Å². The van der Waals surface area contributed by atoms with E-state index in [1.165, 1.54) is 0 Å². The van der Waals surface area contributed by atoms with E-state index in [-0.39, 0.29) is 24.4 Å². The lowest BCUT2D eigenvalue weighted by molar-refractivity contribution is 0.0637. The third kappa shape index (κ3) is 2.43. The maximum Gasteiger partial charge on any atom is 0.261 e. The van der Waals surface area contributed by atoms with Crippen LogP contribution in [-0.4, -0.2) is 33.4 Å². The average Bonchev–Trinajstić information content (AvgIpc) is 3.16. The summed E-state index contributed by atoms with van der Waals surface area (Å²) in [6, 6.07) is 6.86. The average molecular weight is 312 g/mol. The molecule has 0 aliphatic carbocycles. The van der Waals surface area contributed by atoms with Crippen molar-refractivity contribution in [2.45, 2.75) is 31.8 Å². The largest absolute Gasteiger partial charge is 0.338 e. The van der Waals surface area contributed by atoms with Gasteiger partial charge in [-0.3, -0.25) is 14.5 Å². The predicted octanol–water partition coefficient (Wildman–Crippen LogP) is 1.68. The molecule has 1 N–H and O–H groups in total. The third-order valence-electron chi connectivity index (χ3n) is 4.27. The number of rotatable bonds is 3. The highest BCUT2D eigenvalue weighted by Crippen LogP contribution is 2.25. The number of nitrogens with one attached hydrogen (secondary N) is 1. The van der Waals surface area contributed by atoms with Gasteiger partial charge in [0.05, 0.1) is 23.7 Å². The Bertz CT molecular complexity index is 729. The van der Waals surface area contributed by atoms with Crippen molar-refractivity contribution in [2.75, 3.05) is 6.54 Å². The molecule has 0 saturated carbocycles. The summed E-state index contributed by atoms with van der Waals surface area (Å²) in [6.45, 7) is 0.962. The van der Waals surface area contributed by atoms with Crippen LogP contribution in [0.15, 0.2) is 28.8 Å². The van der Waals surface area contributed by atoms with Gasteiger partial charge in [-0.1, -0.05) is 23.7 Å². The van der Waals surface area contributed by atoms with Crippen LogP contribution in [0.4, 0.5) is 0 Å². The molecule has 1 fully saturated rings. The molecule has 0 unspecified atom stereocenters. The lowest BCUT2D eigenvalue weighted by atomic mass is 10.1. The third-order valence-corrected chi connectivity index (χ3v) is 4.27. The molecule has 23 heavy (non-hydrogen) atoms. The van der Waals surface area contributed by atoms with Crippen molar-refractivity contribution in [1.82, 2.24) is 20.4 Å². The molecule has 7 heteroatoms. The smallest absolute Gasteiger partial charge is 0.261 e. The zero-order chi connectivity index (χ0) is 15.8. The highest BCUT2D eigenvalue weighted by Gasteiger charge is 2.36. The Morgan fingerprint density at radius 2 is 1.91 bits per heavy atom. The van der Waals surface area contributed by atoms with E-state index in [1.54, 1.807) is 24.3 Å². The maximum atomic E-state index is 12.3. The molecule has 4 rings (SSSR count). The summed E-state index contributed by atoms with van der Waals surface area (Å²) in [7, 11) is 0. The van der Waals surface area contributed by atoms with Gasteiger partial charge in [-0.05, 0) is 31.5 Å². The van der Waals surface area contributed by atoms with E-state index in [1.807, 2.05) is 0 Å². The first-order chi connectivity index (χ1) is 11.2. The first kappa shape index (κ1) is 14.1. The van der Waals surface area contributed by atoms with Crippen LogP contribution in [0.1, 0.15) is 57.7 Å². The Labute approximate surface area is 132 Å². The lowest BCUT2D eigenvalue weighted by Crippen LogP contribution is -2.30. The van der Waals surface area contributed by atoms with Crippen molar-refractivity contribution in [1.29, 1.82) is 0 Å². The predicted molar refractivity (Wildman–Crippen MR) is 79.5 cm³/mol. The maximum absolute atomic E-state index is 12.3. The summed E-state index contributed by atoms with van der Waals surface area (Å²) in [5, 5.41) is 7.24. The Balaban J connectivity index is 1.52. The van der Waals surface area contributed by atoms with Gasteiger partial charge in [0.2, 0.25) is 5.89 Å². The first-order valence-corrected chi connectivity index (χ1v) is 7.75. The molecule has 7 nitrogen and oxygen atoms in total. The summed E-state index contributed by atoms with van der Waals surface area (Å²) < 4.78 is 5.29. The van der Waals surface area contributed by atoms with Gasteiger partial charge < -0.3 is 9.84 Å². The molecule has 0 radical (unpaired) electrons. The van der Waals surface area contributed by atoms with E-state index in [9.17, 15) is 9.59 Å². The summed E-state index contributed by atoms with van der Waals surface area (Å²) in [5.74, 6) is 0.249. The number of amides is 2. The van der Waals surface area contributed by atoms with Crippen LogP contribution in [-0.2, 0) is 6.54 Å². The summed E-state index contributed by atoms with van der Waals surface area (Å²) in [6.07, 6.45) is 3.22. The Morgan fingerprint density at radius 3 is 2.57 bits per heavy atom. The van der Waals surface area contributed by atoms with Gasteiger partial charge in [-0.25, -0.2) is 0 Å². The minimum atomic E-state index is -0.312. The van der Waals surface area contributed by atoms with Crippen LogP contribution < -0.4 is 5.32 Å². The molecule has 2 amide bonds. The molecule has 0 spiro atoms. The molecule has 2 aliphatic rings. The number of aromatic nitrogens is 2. The monoisotopic (exact) mass is 312 g/mol. The Hall–Kier alpha value is -2.54. The highest BCUT2D eigenvalue weighted by atomic mass is 16.5. The standard InChI is InChI=1S/C16H16N4O3/c21-15-10-5-1-2-6-11(10)16(22)20(15)9-13-18-14(23-19-13)12-7-3-4-8-17-12/h1-2,5-6,12,17H,3-4,7-9H2/t12-/m1/s1. The molecule has 0 bridgehead atoms. The number of carbonyl (C=O) groups is 2. The number of imide groups is 1. The zero-order valence-electron chi connectivity index (χ0n) is 12.5. The lowest BCUT2D eigenvalue weighted by Gasteiger charge is -2.19. The zero-order valence-corrected chi connectivity index (χ0v) is 12.5. The molecule has 1 aromatic carbocycles. The van der Waals surface area contributed by atoms with Crippen LogP contribution in [0.5, 0.6) is 0 Å². The summed E-state index contributed by atoms with van der Waals surface area (Å²) >= 11 is 0. The van der Waals surface area contributed by atoms with Gasteiger partial charge >= 0.3 is 0 Å². The number of carbonyl (C=O) groups excluding carboxylic acids is 2. The molecule has 1 atom stereocenters. The van der Waals surface area contributed by atoms with Gasteiger partial charge in [-0.2, -0.15) is 4.98 Å². The van der Waals surface area contributed by atoms with Crippen LogP contribution in [0.3, 0.4) is 0 Å². The number of piperidine rings is 1. The van der Waals surface area contributed by atoms with Crippen molar-refractivity contribution >= 4 is 11.8 Å². The fourth-order valence-electron chi connectivity index (χ4n) is 3.06. The van der Waals surface area contributed by atoms with Crippen molar-refractivity contribution in [3.63, 3.8) is 0 Å². The SMILES string of the molecule is O=C1c2ccccc2C(=O)N1Cc1noc([C@H]2CCCCN2)n1. The highest BCUT2D eigenvalue weighted by molar-refractivity contribution is 6.21. The van der Waals surface area contributed by atoms with Gasteiger partial charge in [0.15, 0.2) is 5.82 Å².